The van der Waals surface area contributed by atoms with Gasteiger partial charge < -0.3 is 19.1 Å². The van der Waals surface area contributed by atoms with Gasteiger partial charge in [0.2, 0.25) is 0 Å². The number of allylic oxidation sites excluding steroid dienone is 4. The van der Waals surface area contributed by atoms with E-state index in [1.54, 1.807) is 7.11 Å². The van der Waals surface area contributed by atoms with E-state index in [9.17, 15) is 9.59 Å². The van der Waals surface area contributed by atoms with E-state index < -0.39 is 5.92 Å². The fourth-order valence-corrected chi connectivity index (χ4v) is 6.69. The van der Waals surface area contributed by atoms with Gasteiger partial charge in [0, 0.05) is 55.0 Å². The van der Waals surface area contributed by atoms with Gasteiger partial charge >= 0.3 is 0 Å². The normalized spacial score (nSPS) is 17.9. The second kappa shape index (κ2) is 12.1. The fourth-order valence-electron chi connectivity index (χ4n) is 6.12. The third kappa shape index (κ3) is 5.57. The SMILES string of the molecule is CCOc1cc(C2C3=C(CCCC3=O)N(CCOC)C3=C2C(=O)CCC3)cc(Br)c1OCc1cccc(C)c1. The summed E-state index contributed by atoms with van der Waals surface area (Å²) in [4.78, 5) is 29.3. The molecule has 3 aliphatic rings. The summed E-state index contributed by atoms with van der Waals surface area (Å²) in [6, 6.07) is 12.2. The molecule has 0 aromatic heterocycles. The molecule has 0 unspecified atom stereocenters. The van der Waals surface area contributed by atoms with Gasteiger partial charge in [0.05, 0.1) is 17.7 Å². The average molecular weight is 595 g/mol. The highest BCUT2D eigenvalue weighted by molar-refractivity contribution is 9.10. The summed E-state index contributed by atoms with van der Waals surface area (Å²) in [6.07, 6.45) is 4.30. The Bertz CT molecular complexity index is 1300. The summed E-state index contributed by atoms with van der Waals surface area (Å²) < 4.78 is 18.5. The molecule has 0 saturated heterocycles. The molecule has 2 aromatic carbocycles. The molecule has 0 amide bonds. The zero-order chi connectivity index (χ0) is 27.5. The number of methoxy groups -OCH3 is 1. The zero-order valence-electron chi connectivity index (χ0n) is 23.0. The Morgan fingerprint density at radius 3 is 2.26 bits per heavy atom. The van der Waals surface area contributed by atoms with Crippen molar-refractivity contribution < 1.29 is 23.8 Å². The number of Topliss-reactive ketones (excluding diaryl/α,β-unsaturated/α-hetero) is 2. The number of ketones is 2. The Morgan fingerprint density at radius 2 is 1.64 bits per heavy atom. The van der Waals surface area contributed by atoms with Gasteiger partial charge in [-0.3, -0.25) is 9.59 Å². The third-order valence-corrected chi connectivity index (χ3v) is 8.33. The molecule has 0 radical (unpaired) electrons. The molecule has 7 heteroatoms. The molecule has 2 aromatic rings. The van der Waals surface area contributed by atoms with E-state index in [4.69, 9.17) is 14.2 Å². The summed E-state index contributed by atoms with van der Waals surface area (Å²) in [6.45, 7) is 6.04. The third-order valence-electron chi connectivity index (χ3n) is 7.74. The lowest BCUT2D eigenvalue weighted by atomic mass is 9.71. The van der Waals surface area contributed by atoms with Gasteiger partial charge in [-0.2, -0.15) is 0 Å². The fraction of sp³-hybridized carbons (Fsp3) is 0.438. The summed E-state index contributed by atoms with van der Waals surface area (Å²) in [5.74, 6) is 1.07. The minimum atomic E-state index is -0.407. The van der Waals surface area contributed by atoms with Crippen LogP contribution in [0.15, 0.2) is 63.4 Å². The van der Waals surface area contributed by atoms with Crippen LogP contribution >= 0.6 is 15.9 Å². The van der Waals surface area contributed by atoms with Crippen LogP contribution in [-0.2, 0) is 20.9 Å². The van der Waals surface area contributed by atoms with Gasteiger partial charge in [0.15, 0.2) is 23.1 Å². The maximum absolute atomic E-state index is 13.5. The lowest BCUT2D eigenvalue weighted by Gasteiger charge is -2.44. The van der Waals surface area contributed by atoms with Crippen molar-refractivity contribution in [2.75, 3.05) is 26.9 Å². The van der Waals surface area contributed by atoms with E-state index in [0.29, 0.717) is 50.7 Å². The largest absolute Gasteiger partial charge is 0.490 e. The first-order valence-corrected chi connectivity index (χ1v) is 14.7. The van der Waals surface area contributed by atoms with Crippen LogP contribution in [0, 0.1) is 6.92 Å². The first kappa shape index (κ1) is 27.7. The van der Waals surface area contributed by atoms with E-state index in [1.165, 1.54) is 5.56 Å². The van der Waals surface area contributed by atoms with Crippen LogP contribution in [-0.4, -0.2) is 43.3 Å². The van der Waals surface area contributed by atoms with Gasteiger partial charge in [-0.1, -0.05) is 29.8 Å². The minimum Gasteiger partial charge on any atom is -0.490 e. The number of halogens is 1. The van der Waals surface area contributed by atoms with Gasteiger partial charge in [-0.25, -0.2) is 0 Å². The van der Waals surface area contributed by atoms with Crippen LogP contribution in [0.4, 0.5) is 0 Å². The van der Waals surface area contributed by atoms with Crippen molar-refractivity contribution in [3.05, 3.63) is 80.1 Å². The van der Waals surface area contributed by atoms with E-state index in [2.05, 4.69) is 39.9 Å². The number of hydrogen-bond acceptors (Lipinski definition) is 6. The Morgan fingerprint density at radius 1 is 0.949 bits per heavy atom. The Balaban J connectivity index is 1.60. The quantitative estimate of drug-likeness (QED) is 0.319. The highest BCUT2D eigenvalue weighted by Gasteiger charge is 2.43. The summed E-state index contributed by atoms with van der Waals surface area (Å²) in [7, 11) is 1.69. The maximum Gasteiger partial charge on any atom is 0.175 e. The highest BCUT2D eigenvalue weighted by atomic mass is 79.9. The number of nitrogens with zero attached hydrogens (tertiary/aromatic N) is 1. The standard InChI is InChI=1S/C32H36BrNO5/c1-4-38-28-18-22(17-23(33)32(28)39-19-21-9-5-8-20(2)16-21)29-30-24(10-6-12-26(30)35)34(14-15-37-3)25-11-7-13-27(36)31(25)29/h5,8-9,16-18,29H,4,6-7,10-15,19H2,1-3H3. The summed E-state index contributed by atoms with van der Waals surface area (Å²) >= 11 is 3.74. The molecule has 0 spiro atoms. The molecule has 2 aliphatic carbocycles. The molecule has 1 aliphatic heterocycles. The van der Waals surface area contributed by atoms with Crippen LogP contribution in [0.3, 0.4) is 0 Å². The van der Waals surface area contributed by atoms with Crippen LogP contribution in [0.2, 0.25) is 0 Å². The molecule has 0 saturated carbocycles. The van der Waals surface area contributed by atoms with E-state index in [-0.39, 0.29) is 11.6 Å². The number of ether oxygens (including phenoxy) is 3. The highest BCUT2D eigenvalue weighted by Crippen LogP contribution is 2.51. The monoisotopic (exact) mass is 593 g/mol. The van der Waals surface area contributed by atoms with Crippen LogP contribution in [0.1, 0.15) is 68.1 Å². The first-order chi connectivity index (χ1) is 18.9. The lowest BCUT2D eigenvalue weighted by Crippen LogP contribution is -2.40. The molecule has 0 atom stereocenters. The number of carbonyl (C=O) groups is 2. The minimum absolute atomic E-state index is 0.127. The number of hydrogen-bond donors (Lipinski definition) is 0. The van der Waals surface area contributed by atoms with Crippen molar-refractivity contribution in [2.45, 2.75) is 64.9 Å². The summed E-state index contributed by atoms with van der Waals surface area (Å²) in [5, 5.41) is 0. The van der Waals surface area contributed by atoms with Crippen LogP contribution < -0.4 is 9.47 Å². The molecular weight excluding hydrogens is 558 g/mol. The van der Waals surface area contributed by atoms with Crippen molar-refractivity contribution in [1.29, 1.82) is 0 Å². The predicted molar refractivity (Wildman–Crippen MR) is 154 cm³/mol. The molecule has 0 N–H and O–H groups in total. The van der Waals surface area contributed by atoms with Gasteiger partial charge in [-0.15, -0.1) is 0 Å². The van der Waals surface area contributed by atoms with Crippen molar-refractivity contribution in [2.24, 2.45) is 0 Å². The Labute approximate surface area is 239 Å². The van der Waals surface area contributed by atoms with Crippen molar-refractivity contribution in [3.8, 4) is 11.5 Å². The predicted octanol–water partition coefficient (Wildman–Crippen LogP) is 6.80. The molecule has 206 valence electrons. The number of carbonyl (C=O) groups excluding carboxylic acids is 2. The van der Waals surface area contributed by atoms with Crippen molar-refractivity contribution in [1.82, 2.24) is 4.90 Å². The second-order valence-electron chi connectivity index (χ2n) is 10.4. The zero-order valence-corrected chi connectivity index (χ0v) is 24.6. The maximum atomic E-state index is 13.5. The molecule has 0 fully saturated rings. The summed E-state index contributed by atoms with van der Waals surface area (Å²) in [5.41, 5.74) is 6.75. The smallest absolute Gasteiger partial charge is 0.175 e. The van der Waals surface area contributed by atoms with Crippen LogP contribution in [0.25, 0.3) is 0 Å². The molecule has 0 bridgehead atoms. The van der Waals surface area contributed by atoms with Gasteiger partial charge in [0.25, 0.3) is 0 Å². The molecule has 5 rings (SSSR count). The molecule has 6 nitrogen and oxygen atoms in total. The number of aryl methyl sites for hydroxylation is 1. The van der Waals surface area contributed by atoms with E-state index >= 15 is 0 Å². The van der Waals surface area contributed by atoms with E-state index in [1.807, 2.05) is 31.2 Å². The van der Waals surface area contributed by atoms with Crippen LogP contribution in [0.5, 0.6) is 11.5 Å². The number of benzene rings is 2. The Hall–Kier alpha value is -2.90. The first-order valence-electron chi connectivity index (χ1n) is 13.9. The van der Waals surface area contributed by atoms with Crippen molar-refractivity contribution in [3.63, 3.8) is 0 Å². The second-order valence-corrected chi connectivity index (χ2v) is 11.2. The van der Waals surface area contributed by atoms with Gasteiger partial charge in [0.1, 0.15) is 6.61 Å². The van der Waals surface area contributed by atoms with E-state index in [0.717, 1.165) is 63.8 Å². The molecule has 1 heterocycles. The molecule has 39 heavy (non-hydrogen) atoms. The average Bonchev–Trinajstić information content (AvgIpc) is 2.91. The van der Waals surface area contributed by atoms with Crippen molar-refractivity contribution >= 4 is 27.5 Å². The molecular formula is C32H36BrNO5. The Kier molecular flexibility index (Phi) is 8.57. The topological polar surface area (TPSA) is 65.1 Å². The van der Waals surface area contributed by atoms with Gasteiger partial charge in [-0.05, 0) is 78.7 Å². The number of rotatable bonds is 9. The lowest BCUT2D eigenvalue weighted by molar-refractivity contribution is -0.117.